The van der Waals surface area contributed by atoms with E-state index in [1.807, 2.05) is 10.9 Å². The zero-order valence-corrected chi connectivity index (χ0v) is 16.9. The van der Waals surface area contributed by atoms with Gasteiger partial charge in [-0.3, -0.25) is 14.4 Å². The molecule has 10 heteroatoms. The molecule has 2 aliphatic rings. The molecule has 0 spiro atoms. The molecule has 0 aliphatic carbocycles. The molecule has 1 N–H and O–H groups in total. The molecule has 0 bridgehead atoms. The van der Waals surface area contributed by atoms with Gasteiger partial charge >= 0.3 is 6.18 Å². The number of aromatic nitrogens is 2. The van der Waals surface area contributed by atoms with Gasteiger partial charge in [0, 0.05) is 32.4 Å². The minimum Gasteiger partial charge on any atom is -0.337 e. The molecule has 1 aromatic heterocycles. The Morgan fingerprint density at radius 2 is 2.18 bits per heavy atom. The van der Waals surface area contributed by atoms with Gasteiger partial charge in [0.25, 0.3) is 5.91 Å². The smallest absolute Gasteiger partial charge is 0.337 e. The predicted octanol–water partition coefficient (Wildman–Crippen LogP) is 2.58. The molecule has 3 rings (SSSR count). The van der Waals surface area contributed by atoms with E-state index in [0.29, 0.717) is 31.9 Å². The fourth-order valence-electron chi connectivity index (χ4n) is 3.97. The van der Waals surface area contributed by atoms with Crippen LogP contribution in [-0.2, 0) is 0 Å². The van der Waals surface area contributed by atoms with Crippen molar-refractivity contribution in [2.75, 3.05) is 45.8 Å². The van der Waals surface area contributed by atoms with Crippen molar-refractivity contribution in [3.63, 3.8) is 0 Å². The Labute approximate surface area is 169 Å². The van der Waals surface area contributed by atoms with Crippen molar-refractivity contribution in [2.45, 2.75) is 38.4 Å². The molecular weight excluding hydrogens is 395 g/mol. The first kappa shape index (κ1) is 23.0. The molecule has 2 saturated heterocycles. The van der Waals surface area contributed by atoms with Crippen LogP contribution < -0.4 is 5.32 Å². The molecule has 2 atom stereocenters. The van der Waals surface area contributed by atoms with Crippen molar-refractivity contribution in [1.82, 2.24) is 24.9 Å². The number of amides is 1. The summed E-state index contributed by atoms with van der Waals surface area (Å²) < 4.78 is 39.7. The number of rotatable bonds is 6. The summed E-state index contributed by atoms with van der Waals surface area (Å²) >= 11 is 0. The van der Waals surface area contributed by atoms with E-state index in [9.17, 15) is 18.0 Å². The number of nitrogens with one attached hydrogen (secondary N) is 1. The standard InChI is InChI=1S/C18H28F3N5O.ClH/c1-2-24(13-18(19,20)21)11-14-5-8-25(12-14)17(27)16-6-9-26(23-16)15-4-3-7-22-10-15;/h6,9,14-15,22H,2-5,7-8,10-13H2,1H3;1H. The van der Waals surface area contributed by atoms with Crippen molar-refractivity contribution in [3.8, 4) is 0 Å². The zero-order valence-electron chi connectivity index (χ0n) is 16.1. The number of hydrogen-bond acceptors (Lipinski definition) is 4. The van der Waals surface area contributed by atoms with Crippen LogP contribution in [0.25, 0.3) is 0 Å². The second-order valence-electron chi connectivity index (χ2n) is 7.53. The van der Waals surface area contributed by atoms with Crippen LogP contribution in [0.2, 0.25) is 0 Å². The highest BCUT2D eigenvalue weighted by atomic mass is 35.5. The van der Waals surface area contributed by atoms with Crippen LogP contribution in [0.4, 0.5) is 13.2 Å². The molecule has 160 valence electrons. The van der Waals surface area contributed by atoms with Crippen LogP contribution in [0.15, 0.2) is 12.3 Å². The van der Waals surface area contributed by atoms with E-state index < -0.39 is 12.7 Å². The third-order valence-corrected chi connectivity index (χ3v) is 5.41. The van der Waals surface area contributed by atoms with E-state index >= 15 is 0 Å². The number of piperidine rings is 1. The van der Waals surface area contributed by atoms with Crippen molar-refractivity contribution >= 4 is 18.3 Å². The van der Waals surface area contributed by atoms with E-state index in [1.165, 1.54) is 4.90 Å². The number of halogens is 4. The topological polar surface area (TPSA) is 53.4 Å². The molecule has 1 aromatic rings. The molecule has 2 aliphatic heterocycles. The minimum atomic E-state index is -4.19. The van der Waals surface area contributed by atoms with E-state index in [2.05, 4.69) is 10.4 Å². The van der Waals surface area contributed by atoms with Gasteiger partial charge in [-0.25, -0.2) is 0 Å². The second-order valence-corrected chi connectivity index (χ2v) is 7.53. The first-order valence-electron chi connectivity index (χ1n) is 9.70. The van der Waals surface area contributed by atoms with Crippen molar-refractivity contribution < 1.29 is 18.0 Å². The fourth-order valence-corrected chi connectivity index (χ4v) is 3.97. The fraction of sp³-hybridized carbons (Fsp3) is 0.778. The Kier molecular flexibility index (Phi) is 8.15. The normalized spacial score (nSPS) is 23.1. The summed E-state index contributed by atoms with van der Waals surface area (Å²) in [5.74, 6) is -0.0558. The summed E-state index contributed by atoms with van der Waals surface area (Å²) in [4.78, 5) is 15.8. The van der Waals surface area contributed by atoms with Crippen LogP contribution in [0.1, 0.15) is 42.7 Å². The molecule has 28 heavy (non-hydrogen) atoms. The average Bonchev–Trinajstić information content (AvgIpc) is 3.30. The lowest BCUT2D eigenvalue weighted by Crippen LogP contribution is -2.38. The van der Waals surface area contributed by atoms with Crippen molar-refractivity contribution in [1.29, 1.82) is 0 Å². The summed E-state index contributed by atoms with van der Waals surface area (Å²) in [6, 6.07) is 2.01. The van der Waals surface area contributed by atoms with Crippen LogP contribution in [0.5, 0.6) is 0 Å². The number of carbonyl (C=O) groups is 1. The number of nitrogens with zero attached hydrogens (tertiary/aromatic N) is 4. The lowest BCUT2D eigenvalue weighted by molar-refractivity contribution is -0.146. The second kappa shape index (κ2) is 9.93. The maximum Gasteiger partial charge on any atom is 0.401 e. The highest BCUT2D eigenvalue weighted by Gasteiger charge is 2.34. The quantitative estimate of drug-likeness (QED) is 0.764. The van der Waals surface area contributed by atoms with Crippen molar-refractivity contribution in [2.24, 2.45) is 5.92 Å². The molecular formula is C18H29ClF3N5O. The molecule has 2 fully saturated rings. The average molecular weight is 424 g/mol. The van der Waals surface area contributed by atoms with E-state index in [4.69, 9.17) is 0 Å². The molecule has 2 unspecified atom stereocenters. The maximum absolute atomic E-state index is 12.7. The zero-order chi connectivity index (χ0) is 19.4. The summed E-state index contributed by atoms with van der Waals surface area (Å²) in [6.45, 7) is 4.49. The van der Waals surface area contributed by atoms with Crippen LogP contribution in [0.3, 0.4) is 0 Å². The summed E-state index contributed by atoms with van der Waals surface area (Å²) in [6.07, 6.45) is 0.520. The van der Waals surface area contributed by atoms with Crippen LogP contribution in [0, 0.1) is 5.92 Å². The largest absolute Gasteiger partial charge is 0.401 e. The maximum atomic E-state index is 12.7. The van der Waals surface area contributed by atoms with Crippen molar-refractivity contribution in [3.05, 3.63) is 18.0 Å². The van der Waals surface area contributed by atoms with E-state index in [1.54, 1.807) is 17.9 Å². The van der Waals surface area contributed by atoms with Gasteiger partial charge in [-0.2, -0.15) is 18.3 Å². The van der Waals surface area contributed by atoms with Crippen LogP contribution in [-0.4, -0.2) is 77.5 Å². The number of carbonyl (C=O) groups excluding carboxylic acids is 1. The molecule has 0 radical (unpaired) electrons. The predicted molar refractivity (Wildman–Crippen MR) is 103 cm³/mol. The Hall–Kier alpha value is -1.32. The van der Waals surface area contributed by atoms with E-state index in [-0.39, 0.29) is 30.3 Å². The Morgan fingerprint density at radius 3 is 2.82 bits per heavy atom. The third kappa shape index (κ3) is 6.09. The summed E-state index contributed by atoms with van der Waals surface area (Å²) in [7, 11) is 0. The molecule has 1 amide bonds. The first-order valence-corrected chi connectivity index (χ1v) is 9.70. The summed E-state index contributed by atoms with van der Waals surface area (Å²) in [5.41, 5.74) is 0.420. The Morgan fingerprint density at radius 1 is 1.39 bits per heavy atom. The third-order valence-electron chi connectivity index (χ3n) is 5.41. The van der Waals surface area contributed by atoms with Crippen LogP contribution >= 0.6 is 12.4 Å². The lowest BCUT2D eigenvalue weighted by Gasteiger charge is -2.25. The molecule has 0 saturated carbocycles. The number of likely N-dealkylation sites (tertiary alicyclic amines) is 1. The highest BCUT2D eigenvalue weighted by molar-refractivity contribution is 5.92. The SMILES string of the molecule is CCN(CC1CCN(C(=O)c2ccn(C3CCCNC3)n2)C1)CC(F)(F)F.Cl. The van der Waals surface area contributed by atoms with Gasteiger partial charge in [0.05, 0.1) is 12.6 Å². The highest BCUT2D eigenvalue weighted by Crippen LogP contribution is 2.23. The van der Waals surface area contributed by atoms with Gasteiger partial charge in [-0.1, -0.05) is 6.92 Å². The Balaban J connectivity index is 0.00000280. The molecule has 6 nitrogen and oxygen atoms in total. The Bertz CT molecular complexity index is 633. The molecule has 3 heterocycles. The lowest BCUT2D eigenvalue weighted by atomic mass is 10.1. The minimum absolute atomic E-state index is 0. The van der Waals surface area contributed by atoms with Gasteiger partial charge < -0.3 is 10.2 Å². The van der Waals surface area contributed by atoms with E-state index in [0.717, 1.165) is 32.4 Å². The summed E-state index contributed by atoms with van der Waals surface area (Å²) in [5, 5.41) is 7.79. The van der Waals surface area contributed by atoms with Gasteiger partial charge in [-0.15, -0.1) is 12.4 Å². The number of hydrogen-bond donors (Lipinski definition) is 1. The van der Waals surface area contributed by atoms with Gasteiger partial charge in [0.2, 0.25) is 0 Å². The monoisotopic (exact) mass is 423 g/mol. The van der Waals surface area contributed by atoms with Gasteiger partial charge in [0.15, 0.2) is 0 Å². The number of alkyl halides is 3. The van der Waals surface area contributed by atoms with Gasteiger partial charge in [-0.05, 0) is 44.3 Å². The molecule has 0 aromatic carbocycles. The first-order chi connectivity index (χ1) is 12.9. The van der Waals surface area contributed by atoms with Gasteiger partial charge in [0.1, 0.15) is 5.69 Å².